The topological polar surface area (TPSA) is 29.3 Å². The van der Waals surface area contributed by atoms with Crippen molar-refractivity contribution < 1.29 is 4.39 Å². The Morgan fingerprint density at radius 2 is 2.07 bits per heavy atom. The molecule has 0 aliphatic heterocycles. The third-order valence-electron chi connectivity index (χ3n) is 2.41. The lowest BCUT2D eigenvalue weighted by atomic mass is 10.1. The third-order valence-corrected chi connectivity index (χ3v) is 2.41. The summed E-state index contributed by atoms with van der Waals surface area (Å²) in [6.07, 6.45) is 0. The molecule has 1 rings (SSSR count). The molecule has 0 unspecified atom stereocenters. The number of hydrogen-bond acceptors (Lipinski definition) is 2. The lowest BCUT2D eigenvalue weighted by molar-refractivity contribution is 0.262. The number of rotatable bonds is 3. The van der Waals surface area contributed by atoms with Crippen LogP contribution in [0.1, 0.15) is 19.4 Å². The van der Waals surface area contributed by atoms with E-state index < -0.39 is 0 Å². The Morgan fingerprint density at radius 1 is 1.43 bits per heavy atom. The minimum atomic E-state index is -0.292. The molecule has 0 aliphatic carbocycles. The highest BCUT2D eigenvalue weighted by molar-refractivity contribution is 5.42. The van der Waals surface area contributed by atoms with Crippen molar-refractivity contribution in [3.8, 4) is 0 Å². The number of benzene rings is 1. The van der Waals surface area contributed by atoms with Crippen LogP contribution in [0, 0.1) is 5.82 Å². The Balaban J connectivity index is 2.82. The lowest BCUT2D eigenvalue weighted by Crippen LogP contribution is -2.26. The first-order chi connectivity index (χ1) is 6.52. The van der Waals surface area contributed by atoms with Crippen LogP contribution in [0.4, 0.5) is 10.1 Å². The molecule has 0 bridgehead atoms. The van der Waals surface area contributed by atoms with Gasteiger partial charge in [0.1, 0.15) is 0 Å². The average Bonchev–Trinajstić information content (AvgIpc) is 2.12. The van der Waals surface area contributed by atoms with Crippen LogP contribution in [-0.2, 0) is 6.54 Å². The van der Waals surface area contributed by atoms with Gasteiger partial charge < -0.3 is 5.73 Å². The molecule has 78 valence electrons. The molecular weight excluding hydrogens is 179 g/mol. The van der Waals surface area contributed by atoms with Crippen molar-refractivity contribution in [2.24, 2.45) is 0 Å². The first kappa shape index (κ1) is 11.0. The summed E-state index contributed by atoms with van der Waals surface area (Å²) in [4.78, 5) is 2.07. The zero-order valence-corrected chi connectivity index (χ0v) is 8.92. The number of nitrogen functional groups attached to an aromatic ring is 1. The van der Waals surface area contributed by atoms with Crippen molar-refractivity contribution in [1.82, 2.24) is 4.90 Å². The number of anilines is 1. The fourth-order valence-electron chi connectivity index (χ4n) is 1.17. The highest BCUT2D eigenvalue weighted by atomic mass is 19.1. The quantitative estimate of drug-likeness (QED) is 0.751. The minimum Gasteiger partial charge on any atom is -0.396 e. The van der Waals surface area contributed by atoms with Crippen LogP contribution in [0.5, 0.6) is 0 Å². The number of hydrogen-bond donors (Lipinski definition) is 1. The van der Waals surface area contributed by atoms with Crippen molar-refractivity contribution in [1.29, 1.82) is 0 Å². The lowest BCUT2D eigenvalue weighted by Gasteiger charge is -2.21. The second-order valence-corrected chi connectivity index (χ2v) is 3.83. The van der Waals surface area contributed by atoms with Gasteiger partial charge in [-0.1, -0.05) is 12.1 Å². The number of nitrogens with zero attached hydrogens (tertiary/aromatic N) is 1. The van der Waals surface area contributed by atoms with Gasteiger partial charge in [0.15, 0.2) is 5.82 Å². The van der Waals surface area contributed by atoms with E-state index in [1.165, 1.54) is 0 Å². The van der Waals surface area contributed by atoms with E-state index in [1.54, 1.807) is 18.2 Å². The molecule has 14 heavy (non-hydrogen) atoms. The van der Waals surface area contributed by atoms with Gasteiger partial charge >= 0.3 is 0 Å². The van der Waals surface area contributed by atoms with Gasteiger partial charge in [-0.05, 0) is 27.0 Å². The summed E-state index contributed by atoms with van der Waals surface area (Å²) in [6.45, 7) is 4.74. The maximum atomic E-state index is 13.5. The summed E-state index contributed by atoms with van der Waals surface area (Å²) in [7, 11) is 1.97. The molecule has 0 spiro atoms. The zero-order valence-electron chi connectivity index (χ0n) is 8.92. The summed E-state index contributed by atoms with van der Waals surface area (Å²) in [5.74, 6) is -0.292. The van der Waals surface area contributed by atoms with Crippen LogP contribution in [-0.4, -0.2) is 18.0 Å². The van der Waals surface area contributed by atoms with Crippen molar-refractivity contribution in [2.45, 2.75) is 26.4 Å². The number of halogens is 1. The first-order valence-corrected chi connectivity index (χ1v) is 4.75. The van der Waals surface area contributed by atoms with Gasteiger partial charge in [0.2, 0.25) is 0 Å². The van der Waals surface area contributed by atoms with Gasteiger partial charge in [-0.25, -0.2) is 4.39 Å². The van der Waals surface area contributed by atoms with Gasteiger partial charge in [-0.3, -0.25) is 4.90 Å². The Hall–Kier alpha value is -1.09. The Bertz CT molecular complexity index is 310. The van der Waals surface area contributed by atoms with E-state index in [0.29, 0.717) is 18.2 Å². The first-order valence-electron chi connectivity index (χ1n) is 4.75. The van der Waals surface area contributed by atoms with Gasteiger partial charge in [-0.2, -0.15) is 0 Å². The minimum absolute atomic E-state index is 0.222. The summed E-state index contributed by atoms with van der Waals surface area (Å²) < 4.78 is 13.5. The third kappa shape index (κ3) is 2.45. The molecule has 0 aromatic heterocycles. The van der Waals surface area contributed by atoms with E-state index in [1.807, 2.05) is 7.05 Å². The molecule has 3 heteroatoms. The molecule has 2 nitrogen and oxygen atoms in total. The fraction of sp³-hybridized carbons (Fsp3) is 0.455. The van der Waals surface area contributed by atoms with E-state index >= 15 is 0 Å². The molecule has 0 radical (unpaired) electrons. The predicted octanol–water partition coefficient (Wildman–Crippen LogP) is 2.25. The van der Waals surface area contributed by atoms with Gasteiger partial charge in [0.05, 0.1) is 5.69 Å². The molecule has 2 N–H and O–H groups in total. The largest absolute Gasteiger partial charge is 0.396 e. The normalized spacial score (nSPS) is 11.3. The fourth-order valence-corrected chi connectivity index (χ4v) is 1.17. The summed E-state index contributed by atoms with van der Waals surface area (Å²) in [6, 6.07) is 5.52. The second-order valence-electron chi connectivity index (χ2n) is 3.83. The molecule has 0 heterocycles. The summed E-state index contributed by atoms with van der Waals surface area (Å²) in [5, 5.41) is 0. The number of nitrogens with two attached hydrogens (primary N) is 1. The van der Waals surface area contributed by atoms with Crippen LogP contribution in [0.15, 0.2) is 18.2 Å². The highest BCUT2D eigenvalue weighted by Crippen LogP contribution is 2.16. The van der Waals surface area contributed by atoms with Crippen LogP contribution in [0.2, 0.25) is 0 Å². The average molecular weight is 196 g/mol. The highest BCUT2D eigenvalue weighted by Gasteiger charge is 2.09. The molecule has 1 aromatic carbocycles. The van der Waals surface area contributed by atoms with E-state index in [9.17, 15) is 4.39 Å². The van der Waals surface area contributed by atoms with Crippen LogP contribution >= 0.6 is 0 Å². The van der Waals surface area contributed by atoms with Crippen LogP contribution in [0.3, 0.4) is 0 Å². The Morgan fingerprint density at radius 3 is 2.64 bits per heavy atom. The van der Waals surface area contributed by atoms with Crippen molar-refractivity contribution in [3.05, 3.63) is 29.6 Å². The van der Waals surface area contributed by atoms with Gasteiger partial charge in [0.25, 0.3) is 0 Å². The monoisotopic (exact) mass is 196 g/mol. The standard InChI is InChI=1S/C11H17FN2/c1-8(2)14(3)7-9-5-4-6-10(13)11(9)12/h4-6,8H,7,13H2,1-3H3. The SMILES string of the molecule is CC(C)N(C)Cc1cccc(N)c1F. The Labute approximate surface area is 84.5 Å². The van der Waals surface area contributed by atoms with Crippen LogP contribution in [0.25, 0.3) is 0 Å². The van der Waals surface area contributed by atoms with Crippen molar-refractivity contribution in [3.63, 3.8) is 0 Å². The second kappa shape index (κ2) is 4.42. The summed E-state index contributed by atoms with van der Waals surface area (Å²) >= 11 is 0. The predicted molar refractivity (Wildman–Crippen MR) is 57.4 cm³/mol. The summed E-state index contributed by atoms with van der Waals surface area (Å²) in [5.41, 5.74) is 6.35. The van der Waals surface area contributed by atoms with Crippen LogP contribution < -0.4 is 5.73 Å². The smallest absolute Gasteiger partial charge is 0.150 e. The van der Waals surface area contributed by atoms with E-state index in [4.69, 9.17) is 5.73 Å². The van der Waals surface area contributed by atoms with E-state index in [2.05, 4.69) is 18.7 Å². The Kier molecular flexibility index (Phi) is 3.47. The van der Waals surface area contributed by atoms with Crippen molar-refractivity contribution >= 4 is 5.69 Å². The zero-order chi connectivity index (χ0) is 10.7. The van der Waals surface area contributed by atoms with Gasteiger partial charge in [0, 0.05) is 18.2 Å². The molecular formula is C11H17FN2. The molecule has 0 aliphatic rings. The van der Waals surface area contributed by atoms with E-state index in [0.717, 1.165) is 0 Å². The molecule has 0 fully saturated rings. The molecule has 0 saturated carbocycles. The van der Waals surface area contributed by atoms with Crippen molar-refractivity contribution in [2.75, 3.05) is 12.8 Å². The molecule has 0 saturated heterocycles. The maximum Gasteiger partial charge on any atom is 0.150 e. The molecule has 1 aromatic rings. The van der Waals surface area contributed by atoms with Gasteiger partial charge in [-0.15, -0.1) is 0 Å². The molecule has 0 amide bonds. The van der Waals surface area contributed by atoms with E-state index in [-0.39, 0.29) is 11.5 Å². The maximum absolute atomic E-state index is 13.5. The molecule has 0 atom stereocenters.